The molecule has 0 radical (unpaired) electrons. The van der Waals surface area contributed by atoms with Gasteiger partial charge >= 0.3 is 0 Å². The summed E-state index contributed by atoms with van der Waals surface area (Å²) in [5, 5.41) is 16.2. The van der Waals surface area contributed by atoms with Crippen LogP contribution in [0.15, 0.2) is 109 Å². The SMILES string of the molecule is [O-]c1ccccc1-c1ccccc1P(c1ccccc1)c1ccccc1. The molecule has 4 rings (SSSR count). The summed E-state index contributed by atoms with van der Waals surface area (Å²) in [6, 6.07) is 36.7. The van der Waals surface area contributed by atoms with Crippen molar-refractivity contribution in [1.82, 2.24) is 0 Å². The van der Waals surface area contributed by atoms with E-state index in [0.717, 1.165) is 11.1 Å². The summed E-state index contributed by atoms with van der Waals surface area (Å²) < 4.78 is 0. The van der Waals surface area contributed by atoms with Crippen molar-refractivity contribution < 1.29 is 5.11 Å². The van der Waals surface area contributed by atoms with Gasteiger partial charge in [-0.25, -0.2) is 0 Å². The first-order chi connectivity index (χ1) is 12.8. The number of rotatable bonds is 4. The lowest BCUT2D eigenvalue weighted by atomic mass is 10.0. The van der Waals surface area contributed by atoms with Crippen LogP contribution in [0.3, 0.4) is 0 Å². The van der Waals surface area contributed by atoms with Gasteiger partial charge in [-0.2, -0.15) is 0 Å². The maximum atomic E-state index is 12.5. The molecule has 126 valence electrons. The molecule has 26 heavy (non-hydrogen) atoms. The van der Waals surface area contributed by atoms with Gasteiger partial charge in [-0.3, -0.25) is 0 Å². The molecule has 0 amide bonds. The molecule has 4 aromatic rings. The highest BCUT2D eigenvalue weighted by Gasteiger charge is 2.19. The Morgan fingerprint density at radius 1 is 0.462 bits per heavy atom. The van der Waals surface area contributed by atoms with Crippen LogP contribution in [0.25, 0.3) is 11.1 Å². The van der Waals surface area contributed by atoms with Crippen molar-refractivity contribution >= 4 is 23.8 Å². The van der Waals surface area contributed by atoms with Gasteiger partial charge in [0, 0.05) is 0 Å². The molecule has 0 saturated heterocycles. The molecule has 0 bridgehead atoms. The standard InChI is InChI=1S/C24H19OP/c25-23-17-9-7-15-21(23)22-16-8-10-18-24(22)26(19-11-3-1-4-12-19)20-13-5-2-6-14-20/h1-18,25H/p-1. The smallest absolute Gasteiger partial charge is 0.00728 e. The highest BCUT2D eigenvalue weighted by atomic mass is 31.1. The van der Waals surface area contributed by atoms with Gasteiger partial charge in [0.2, 0.25) is 0 Å². The first-order valence-electron chi connectivity index (χ1n) is 8.60. The van der Waals surface area contributed by atoms with E-state index in [-0.39, 0.29) is 5.75 Å². The Morgan fingerprint density at radius 3 is 1.50 bits per heavy atom. The molecule has 0 atom stereocenters. The maximum Gasteiger partial charge on any atom is -0.00728 e. The monoisotopic (exact) mass is 353 g/mol. The number of para-hydroxylation sites is 1. The molecule has 0 spiro atoms. The average molecular weight is 353 g/mol. The van der Waals surface area contributed by atoms with Gasteiger partial charge in [0.25, 0.3) is 0 Å². The summed E-state index contributed by atoms with van der Waals surface area (Å²) in [5.74, 6) is 0.0658. The van der Waals surface area contributed by atoms with E-state index >= 15 is 0 Å². The lowest BCUT2D eigenvalue weighted by Gasteiger charge is -2.24. The fraction of sp³-hybridized carbons (Fsp3) is 0. The van der Waals surface area contributed by atoms with Gasteiger partial charge in [0.1, 0.15) is 0 Å². The second-order valence-electron chi connectivity index (χ2n) is 6.02. The van der Waals surface area contributed by atoms with Crippen molar-refractivity contribution in [1.29, 1.82) is 0 Å². The van der Waals surface area contributed by atoms with Gasteiger partial charge in [0.05, 0.1) is 0 Å². The van der Waals surface area contributed by atoms with Crippen LogP contribution < -0.4 is 21.0 Å². The Morgan fingerprint density at radius 2 is 0.923 bits per heavy atom. The van der Waals surface area contributed by atoms with Crippen LogP contribution in [0.5, 0.6) is 5.75 Å². The average Bonchev–Trinajstić information content (AvgIpc) is 2.71. The molecule has 0 aromatic heterocycles. The molecule has 1 nitrogen and oxygen atoms in total. The van der Waals surface area contributed by atoms with Crippen molar-refractivity contribution in [2.24, 2.45) is 0 Å². The van der Waals surface area contributed by atoms with Crippen LogP contribution in [-0.2, 0) is 0 Å². The Hall–Kier alpha value is -2.89. The molecule has 0 aliphatic rings. The van der Waals surface area contributed by atoms with Gasteiger partial charge in [-0.1, -0.05) is 109 Å². The van der Waals surface area contributed by atoms with E-state index in [2.05, 4.69) is 66.7 Å². The molecular weight excluding hydrogens is 335 g/mol. The highest BCUT2D eigenvalue weighted by molar-refractivity contribution is 7.80. The summed E-state index contributed by atoms with van der Waals surface area (Å²) in [4.78, 5) is 0. The fourth-order valence-electron chi connectivity index (χ4n) is 3.17. The molecule has 0 heterocycles. The van der Waals surface area contributed by atoms with E-state index in [1.165, 1.54) is 15.9 Å². The van der Waals surface area contributed by atoms with E-state index in [4.69, 9.17) is 0 Å². The largest absolute Gasteiger partial charge is 0.872 e. The molecule has 0 unspecified atom stereocenters. The van der Waals surface area contributed by atoms with Crippen molar-refractivity contribution in [3.63, 3.8) is 0 Å². The molecule has 0 aliphatic carbocycles. The zero-order valence-corrected chi connectivity index (χ0v) is 15.1. The quantitative estimate of drug-likeness (QED) is 0.505. The molecule has 0 fully saturated rings. The van der Waals surface area contributed by atoms with E-state index in [1.54, 1.807) is 12.1 Å². The zero-order chi connectivity index (χ0) is 17.8. The Kier molecular flexibility index (Phi) is 4.82. The summed E-state index contributed by atoms with van der Waals surface area (Å²) in [7, 11) is -0.742. The molecule has 0 saturated carbocycles. The minimum atomic E-state index is -0.742. The molecule has 0 aliphatic heterocycles. The van der Waals surface area contributed by atoms with Crippen molar-refractivity contribution in [2.75, 3.05) is 0 Å². The minimum Gasteiger partial charge on any atom is -0.872 e. The van der Waals surface area contributed by atoms with Crippen molar-refractivity contribution in [3.8, 4) is 16.9 Å². The Bertz CT molecular complexity index is 957. The number of benzene rings is 4. The van der Waals surface area contributed by atoms with Crippen LogP contribution in [-0.4, -0.2) is 0 Å². The van der Waals surface area contributed by atoms with Crippen molar-refractivity contribution in [3.05, 3.63) is 109 Å². The first-order valence-corrected chi connectivity index (χ1v) is 9.94. The number of hydrogen-bond acceptors (Lipinski definition) is 1. The van der Waals surface area contributed by atoms with E-state index in [1.807, 2.05) is 30.3 Å². The third kappa shape index (κ3) is 3.27. The second kappa shape index (κ2) is 7.56. The predicted molar refractivity (Wildman–Crippen MR) is 110 cm³/mol. The van der Waals surface area contributed by atoms with Crippen LogP contribution in [0.2, 0.25) is 0 Å². The summed E-state index contributed by atoms with van der Waals surface area (Å²) in [6.45, 7) is 0. The molecule has 2 heteroatoms. The molecular formula is C24H18OP-. The fourth-order valence-corrected chi connectivity index (χ4v) is 5.63. The van der Waals surface area contributed by atoms with E-state index < -0.39 is 7.92 Å². The zero-order valence-electron chi connectivity index (χ0n) is 14.2. The van der Waals surface area contributed by atoms with Crippen LogP contribution in [0.1, 0.15) is 0 Å². The first kappa shape index (κ1) is 16.6. The topological polar surface area (TPSA) is 23.1 Å². The molecule has 0 N–H and O–H groups in total. The van der Waals surface area contributed by atoms with Gasteiger partial charge in [0.15, 0.2) is 0 Å². The summed E-state index contributed by atoms with van der Waals surface area (Å²) >= 11 is 0. The predicted octanol–water partition coefficient (Wildman–Crippen LogP) is 4.19. The van der Waals surface area contributed by atoms with Gasteiger partial charge in [-0.05, 0) is 35.0 Å². The van der Waals surface area contributed by atoms with Gasteiger partial charge < -0.3 is 5.11 Å². The highest BCUT2D eigenvalue weighted by Crippen LogP contribution is 2.38. The third-order valence-corrected chi connectivity index (χ3v) is 6.85. The Balaban J connectivity index is 1.95. The summed E-state index contributed by atoms with van der Waals surface area (Å²) in [6.07, 6.45) is 0. The van der Waals surface area contributed by atoms with Crippen LogP contribution in [0.4, 0.5) is 0 Å². The van der Waals surface area contributed by atoms with E-state index in [9.17, 15) is 5.11 Å². The molecule has 4 aromatic carbocycles. The van der Waals surface area contributed by atoms with Crippen LogP contribution >= 0.6 is 7.92 Å². The lowest BCUT2D eigenvalue weighted by Crippen LogP contribution is -2.22. The van der Waals surface area contributed by atoms with Crippen molar-refractivity contribution in [2.45, 2.75) is 0 Å². The summed E-state index contributed by atoms with van der Waals surface area (Å²) in [5.41, 5.74) is 1.79. The number of hydrogen-bond donors (Lipinski definition) is 0. The second-order valence-corrected chi connectivity index (χ2v) is 8.21. The van der Waals surface area contributed by atoms with Crippen LogP contribution in [0, 0.1) is 0 Å². The third-order valence-electron chi connectivity index (χ3n) is 4.35. The Labute approximate surface area is 155 Å². The van der Waals surface area contributed by atoms with Gasteiger partial charge in [-0.15, -0.1) is 5.75 Å². The normalized spacial score (nSPS) is 10.8. The minimum absolute atomic E-state index is 0.0658. The van der Waals surface area contributed by atoms with E-state index in [0.29, 0.717) is 0 Å². The maximum absolute atomic E-state index is 12.5. The lowest BCUT2D eigenvalue weighted by molar-refractivity contribution is -0.267.